The van der Waals surface area contributed by atoms with Gasteiger partial charge in [0.2, 0.25) is 9.84 Å². The maximum absolute atomic E-state index is 13.9. The lowest BCUT2D eigenvalue weighted by Gasteiger charge is -2.24. The topological polar surface area (TPSA) is 77.4 Å². The van der Waals surface area contributed by atoms with Gasteiger partial charge in [0.05, 0.1) is 26.4 Å². The third-order valence-corrected chi connectivity index (χ3v) is 8.94. The lowest BCUT2D eigenvalue weighted by molar-refractivity contribution is -0.137. The normalized spacial score (nSPS) is 19.8. The highest BCUT2D eigenvalue weighted by atomic mass is 32.2. The van der Waals surface area contributed by atoms with Gasteiger partial charge in [0, 0.05) is 36.6 Å². The molecule has 3 aromatic rings. The molecule has 0 aliphatic carbocycles. The molecule has 5 rings (SSSR count). The van der Waals surface area contributed by atoms with Gasteiger partial charge in [-0.3, -0.25) is 0 Å². The van der Waals surface area contributed by atoms with Crippen LogP contribution in [0.2, 0.25) is 0 Å². The Hall–Kier alpha value is -2.85. The minimum absolute atomic E-state index is 0.0513. The molecule has 10 heteroatoms. The second kappa shape index (κ2) is 8.33. The van der Waals surface area contributed by atoms with E-state index in [0.717, 1.165) is 54.2 Å². The summed E-state index contributed by atoms with van der Waals surface area (Å²) in [5.41, 5.74) is 1.11. The van der Waals surface area contributed by atoms with Crippen LogP contribution in [-0.2, 0) is 34.2 Å². The van der Waals surface area contributed by atoms with Gasteiger partial charge in [-0.15, -0.1) is 0 Å². The minimum Gasteiger partial charge on any atom is -0.456 e. The molecule has 2 atom stereocenters. The second-order valence-corrected chi connectivity index (χ2v) is 12.9. The molecule has 2 unspecified atom stereocenters. The van der Waals surface area contributed by atoms with Gasteiger partial charge in [-0.2, -0.15) is 13.2 Å². The number of rotatable bonds is 3. The molecule has 2 bridgehead atoms. The van der Waals surface area contributed by atoms with Crippen molar-refractivity contribution in [2.24, 2.45) is 7.05 Å². The van der Waals surface area contributed by atoms with E-state index in [1.54, 1.807) is 27.7 Å². The highest BCUT2D eigenvalue weighted by Crippen LogP contribution is 2.46. The van der Waals surface area contributed by atoms with Crippen molar-refractivity contribution in [2.75, 3.05) is 0 Å². The summed E-state index contributed by atoms with van der Waals surface area (Å²) in [6.07, 6.45) is -2.18. The van der Waals surface area contributed by atoms with Crippen LogP contribution in [0.15, 0.2) is 40.1 Å². The van der Waals surface area contributed by atoms with Gasteiger partial charge in [-0.1, -0.05) is 6.07 Å². The van der Waals surface area contributed by atoms with Gasteiger partial charge < -0.3 is 14.6 Å². The zero-order valence-corrected chi connectivity index (χ0v) is 22.1. The van der Waals surface area contributed by atoms with Crippen molar-refractivity contribution in [2.45, 2.75) is 80.6 Å². The fourth-order valence-corrected chi connectivity index (χ4v) is 7.28. The predicted molar refractivity (Wildman–Crippen MR) is 132 cm³/mol. The number of hydrogen-bond donors (Lipinski definition) is 1. The molecule has 1 saturated heterocycles. The van der Waals surface area contributed by atoms with Crippen molar-refractivity contribution >= 4 is 26.7 Å². The smallest absolute Gasteiger partial charge is 0.416 e. The van der Waals surface area contributed by atoms with Gasteiger partial charge in [-0.25, -0.2) is 13.2 Å². The van der Waals surface area contributed by atoms with Crippen LogP contribution in [0.5, 0.6) is 0 Å². The molecule has 198 valence electrons. The van der Waals surface area contributed by atoms with Crippen LogP contribution in [0.25, 0.3) is 10.9 Å². The predicted octanol–water partition coefficient (Wildman–Crippen LogP) is 5.64. The number of alkyl halides is 3. The van der Waals surface area contributed by atoms with Crippen molar-refractivity contribution in [1.82, 2.24) is 9.88 Å². The first-order valence-electron chi connectivity index (χ1n) is 12.2. The van der Waals surface area contributed by atoms with Crippen LogP contribution in [-0.4, -0.2) is 30.6 Å². The molecule has 0 amide bonds. The van der Waals surface area contributed by atoms with E-state index in [0.29, 0.717) is 23.1 Å². The van der Waals surface area contributed by atoms with E-state index >= 15 is 0 Å². The quantitative estimate of drug-likeness (QED) is 0.440. The highest BCUT2D eigenvalue weighted by molar-refractivity contribution is 7.91. The fraction of sp³-hybridized carbons (Fsp3) is 0.444. The van der Waals surface area contributed by atoms with Gasteiger partial charge in [0.25, 0.3) is 0 Å². The summed E-state index contributed by atoms with van der Waals surface area (Å²) in [4.78, 5) is 12.8. The van der Waals surface area contributed by atoms with E-state index in [2.05, 4.69) is 5.32 Å². The Labute approximate surface area is 213 Å². The van der Waals surface area contributed by atoms with E-state index in [9.17, 15) is 26.4 Å². The lowest BCUT2D eigenvalue weighted by Crippen LogP contribution is -2.32. The van der Waals surface area contributed by atoms with Crippen LogP contribution < -0.4 is 5.32 Å². The Kier molecular flexibility index (Phi) is 5.80. The molecule has 1 aromatic heterocycles. The molecule has 1 fully saturated rings. The summed E-state index contributed by atoms with van der Waals surface area (Å²) in [5, 5.41) is 4.06. The number of hydrogen-bond acceptors (Lipinski definition) is 5. The van der Waals surface area contributed by atoms with Crippen molar-refractivity contribution in [1.29, 1.82) is 0 Å². The molecule has 2 aliphatic rings. The minimum atomic E-state index is -4.72. The van der Waals surface area contributed by atoms with E-state index in [1.807, 2.05) is 11.6 Å². The maximum atomic E-state index is 13.9. The maximum Gasteiger partial charge on any atom is 0.416 e. The molecule has 0 saturated carbocycles. The number of nitrogens with zero attached hydrogens (tertiary/aromatic N) is 1. The van der Waals surface area contributed by atoms with Crippen LogP contribution in [0.4, 0.5) is 13.2 Å². The molecule has 37 heavy (non-hydrogen) atoms. The first-order chi connectivity index (χ1) is 17.1. The van der Waals surface area contributed by atoms with Crippen molar-refractivity contribution in [3.8, 4) is 0 Å². The molecule has 6 nitrogen and oxygen atoms in total. The standard InChI is InChI=1S/C27H29F3N2O4S/c1-14-11-20(37(34,35)17-8-6-7-15(12-17)27(28,29)30)22(25(33)36-26(2,3)4)23-21-18-10-9-16(31-18)13-19(21)32(5)24(14)23/h6-8,11-12,16,18,31H,9-10,13H2,1-5H3. The molecular formula is C27H29F3N2O4S. The van der Waals surface area contributed by atoms with Gasteiger partial charge >= 0.3 is 12.1 Å². The zero-order chi connectivity index (χ0) is 27.1. The monoisotopic (exact) mass is 534 g/mol. The van der Waals surface area contributed by atoms with Crippen LogP contribution in [0.1, 0.15) is 72.4 Å². The zero-order valence-electron chi connectivity index (χ0n) is 21.3. The summed E-state index contributed by atoms with van der Waals surface area (Å²) in [6, 6.07) is 5.24. The van der Waals surface area contributed by atoms with Crippen molar-refractivity contribution in [3.63, 3.8) is 0 Å². The number of fused-ring (bicyclic) bond motifs is 6. The highest BCUT2D eigenvalue weighted by Gasteiger charge is 2.40. The van der Waals surface area contributed by atoms with E-state index in [4.69, 9.17) is 4.74 Å². The molecular weight excluding hydrogens is 505 g/mol. The van der Waals surface area contributed by atoms with Gasteiger partial charge in [0.1, 0.15) is 5.60 Å². The molecule has 2 aromatic carbocycles. The number of ether oxygens (including phenoxy) is 1. The summed E-state index contributed by atoms with van der Waals surface area (Å²) in [7, 11) is -2.63. The third kappa shape index (κ3) is 4.24. The third-order valence-electron chi connectivity index (χ3n) is 7.17. The fourth-order valence-electron chi connectivity index (χ4n) is 5.70. The van der Waals surface area contributed by atoms with Crippen LogP contribution in [0.3, 0.4) is 0 Å². The lowest BCUT2D eigenvalue weighted by atomic mass is 9.95. The van der Waals surface area contributed by atoms with Gasteiger partial charge in [0.15, 0.2) is 0 Å². The van der Waals surface area contributed by atoms with E-state index in [1.165, 1.54) is 6.07 Å². The molecule has 0 spiro atoms. The number of sulfone groups is 1. The first-order valence-corrected chi connectivity index (χ1v) is 13.6. The number of aryl methyl sites for hydroxylation is 2. The number of carbonyl (C=O) groups is 1. The Morgan fingerprint density at radius 2 is 1.84 bits per heavy atom. The first kappa shape index (κ1) is 25.8. The summed E-state index contributed by atoms with van der Waals surface area (Å²) < 4.78 is 75.8. The van der Waals surface area contributed by atoms with Crippen LogP contribution in [0, 0.1) is 6.92 Å². The number of halogens is 3. The largest absolute Gasteiger partial charge is 0.456 e. The van der Waals surface area contributed by atoms with E-state index < -0.39 is 38.0 Å². The van der Waals surface area contributed by atoms with Crippen LogP contribution >= 0.6 is 0 Å². The summed E-state index contributed by atoms with van der Waals surface area (Å²) in [5.74, 6) is -0.823. The van der Waals surface area contributed by atoms with E-state index in [-0.39, 0.29) is 16.5 Å². The average molecular weight is 535 g/mol. The van der Waals surface area contributed by atoms with Crippen molar-refractivity contribution < 1.29 is 31.1 Å². The SMILES string of the molecule is Cc1cc(S(=O)(=O)c2cccc(C(F)(F)F)c2)c(C(=O)OC(C)(C)C)c2c3c(n(C)c12)CC1CCC3N1. The van der Waals surface area contributed by atoms with Gasteiger partial charge in [-0.05, 0) is 75.9 Å². The average Bonchev–Trinajstić information content (AvgIpc) is 3.30. The molecule has 0 radical (unpaired) electrons. The van der Waals surface area contributed by atoms with Crippen molar-refractivity contribution in [3.05, 3.63) is 58.3 Å². The summed E-state index contributed by atoms with van der Waals surface area (Å²) in [6.45, 7) is 6.80. The Bertz CT molecular complexity index is 1550. The molecule has 2 aliphatic heterocycles. The Morgan fingerprint density at radius 1 is 1.14 bits per heavy atom. The second-order valence-electron chi connectivity index (χ2n) is 10.9. The molecule has 1 N–H and O–H groups in total. The Balaban J connectivity index is 1.85. The number of nitrogens with one attached hydrogen (secondary N) is 1. The number of aromatic nitrogens is 1. The summed E-state index contributed by atoms with van der Waals surface area (Å²) >= 11 is 0. The number of esters is 1. The Morgan fingerprint density at radius 3 is 2.49 bits per heavy atom. The number of benzene rings is 2. The molecule has 3 heterocycles. The number of carbonyl (C=O) groups excluding carboxylic acids is 1.